The van der Waals surface area contributed by atoms with E-state index in [0.29, 0.717) is 6.54 Å². The second-order valence-corrected chi connectivity index (χ2v) is 5.57. The van der Waals surface area contributed by atoms with Gasteiger partial charge in [0.1, 0.15) is 0 Å². The molecule has 1 N–H and O–H groups in total. The van der Waals surface area contributed by atoms with Crippen LogP contribution < -0.4 is 0 Å². The highest BCUT2D eigenvalue weighted by Gasteiger charge is 2.19. The Morgan fingerprint density at radius 3 is 2.87 bits per heavy atom. The molecule has 0 aliphatic carbocycles. The molecule has 3 rings (SSSR count). The Hall–Kier alpha value is -2.31. The van der Waals surface area contributed by atoms with Crippen LogP contribution in [0.2, 0.25) is 0 Å². The zero-order valence-electron chi connectivity index (χ0n) is 13.2. The number of fused-ring (bicyclic) bond motifs is 1. The lowest BCUT2D eigenvalue weighted by Crippen LogP contribution is -2.36. The third-order valence-corrected chi connectivity index (χ3v) is 4.03. The van der Waals surface area contributed by atoms with E-state index in [1.54, 1.807) is 16.9 Å². The van der Waals surface area contributed by atoms with Gasteiger partial charge in [-0.15, -0.1) is 0 Å². The van der Waals surface area contributed by atoms with Gasteiger partial charge in [0.25, 0.3) is 0 Å². The van der Waals surface area contributed by atoms with Crippen molar-refractivity contribution in [1.82, 2.24) is 24.5 Å². The molecule has 0 fully saturated rings. The third-order valence-electron chi connectivity index (χ3n) is 4.03. The molecule has 0 spiro atoms. The number of hydrogen-bond donors (Lipinski definition) is 1. The molecule has 0 amide bonds. The molecule has 3 heterocycles. The maximum absolute atomic E-state index is 9.72. The number of rotatable bonds is 7. The molecular weight excluding hydrogens is 290 g/mol. The SMILES string of the molecule is CCC(CO)N(Cc1cccnc1)Cc1cnn2cccnc12. The molecule has 1 atom stereocenters. The van der Waals surface area contributed by atoms with Crippen LogP contribution in [0.25, 0.3) is 5.65 Å². The van der Waals surface area contributed by atoms with Gasteiger partial charge >= 0.3 is 0 Å². The van der Waals surface area contributed by atoms with Crippen molar-refractivity contribution in [2.75, 3.05) is 6.61 Å². The quantitative estimate of drug-likeness (QED) is 0.722. The van der Waals surface area contributed by atoms with Crippen molar-refractivity contribution < 1.29 is 5.11 Å². The fourth-order valence-corrected chi connectivity index (χ4v) is 2.75. The van der Waals surface area contributed by atoms with Crippen molar-refractivity contribution in [2.24, 2.45) is 0 Å². The smallest absolute Gasteiger partial charge is 0.159 e. The highest BCUT2D eigenvalue weighted by atomic mass is 16.3. The molecule has 0 aliphatic rings. The van der Waals surface area contributed by atoms with E-state index < -0.39 is 0 Å². The van der Waals surface area contributed by atoms with E-state index in [9.17, 15) is 5.11 Å². The predicted molar refractivity (Wildman–Crippen MR) is 87.6 cm³/mol. The highest BCUT2D eigenvalue weighted by Crippen LogP contribution is 2.17. The molecule has 1 unspecified atom stereocenters. The Kier molecular flexibility index (Phi) is 4.95. The maximum atomic E-state index is 9.72. The van der Waals surface area contributed by atoms with Crippen LogP contribution in [0.4, 0.5) is 0 Å². The largest absolute Gasteiger partial charge is 0.395 e. The first-order valence-corrected chi connectivity index (χ1v) is 7.83. The fraction of sp³-hybridized carbons (Fsp3) is 0.353. The van der Waals surface area contributed by atoms with Crippen molar-refractivity contribution in [1.29, 1.82) is 0 Å². The van der Waals surface area contributed by atoms with Gasteiger partial charge in [-0.3, -0.25) is 9.88 Å². The first-order valence-electron chi connectivity index (χ1n) is 7.83. The van der Waals surface area contributed by atoms with Crippen LogP contribution in [0.3, 0.4) is 0 Å². The van der Waals surface area contributed by atoms with Crippen molar-refractivity contribution >= 4 is 5.65 Å². The molecule has 6 heteroatoms. The molecule has 0 aliphatic heterocycles. The average Bonchev–Trinajstić information content (AvgIpc) is 3.00. The summed E-state index contributed by atoms with van der Waals surface area (Å²) in [7, 11) is 0. The van der Waals surface area contributed by atoms with E-state index in [4.69, 9.17) is 0 Å². The first kappa shape index (κ1) is 15.6. The van der Waals surface area contributed by atoms with Gasteiger partial charge in [0.2, 0.25) is 0 Å². The minimum atomic E-state index is 0.0915. The lowest BCUT2D eigenvalue weighted by molar-refractivity contribution is 0.107. The van der Waals surface area contributed by atoms with Crippen molar-refractivity contribution in [3.63, 3.8) is 0 Å². The summed E-state index contributed by atoms with van der Waals surface area (Å²) in [5.74, 6) is 0. The van der Waals surface area contributed by atoms with E-state index in [-0.39, 0.29) is 12.6 Å². The molecule has 3 aromatic rings. The standard InChI is InChI=1S/C17H21N5O/c1-2-16(13-23)21(11-14-5-3-6-18-9-14)12-15-10-20-22-8-4-7-19-17(15)22/h3-10,16,23H,2,11-13H2,1H3. The summed E-state index contributed by atoms with van der Waals surface area (Å²) in [6.45, 7) is 3.64. The second kappa shape index (κ2) is 7.30. The fourth-order valence-electron chi connectivity index (χ4n) is 2.75. The summed E-state index contributed by atoms with van der Waals surface area (Å²) in [4.78, 5) is 10.8. The van der Waals surface area contributed by atoms with E-state index in [1.807, 2.05) is 30.7 Å². The molecule has 0 saturated carbocycles. The molecule has 0 saturated heterocycles. The monoisotopic (exact) mass is 311 g/mol. The molecule has 0 radical (unpaired) electrons. The van der Waals surface area contributed by atoms with Crippen LogP contribution in [0, 0.1) is 0 Å². The summed E-state index contributed by atoms with van der Waals surface area (Å²) < 4.78 is 1.78. The Balaban J connectivity index is 1.86. The molecular formula is C17H21N5O. The van der Waals surface area contributed by atoms with E-state index in [1.165, 1.54) is 0 Å². The van der Waals surface area contributed by atoms with Crippen LogP contribution in [0.5, 0.6) is 0 Å². The zero-order valence-corrected chi connectivity index (χ0v) is 13.2. The summed E-state index contributed by atoms with van der Waals surface area (Å²) in [5.41, 5.74) is 3.04. The lowest BCUT2D eigenvalue weighted by Gasteiger charge is -2.29. The number of aromatic nitrogens is 4. The molecule has 0 bridgehead atoms. The third kappa shape index (κ3) is 3.55. The Morgan fingerprint density at radius 1 is 1.22 bits per heavy atom. The minimum absolute atomic E-state index is 0.0915. The average molecular weight is 311 g/mol. The van der Waals surface area contributed by atoms with Gasteiger partial charge in [-0.25, -0.2) is 9.50 Å². The van der Waals surface area contributed by atoms with E-state index >= 15 is 0 Å². The van der Waals surface area contributed by atoms with Gasteiger partial charge in [0, 0.05) is 49.5 Å². The van der Waals surface area contributed by atoms with Gasteiger partial charge in [0.15, 0.2) is 5.65 Å². The number of pyridine rings is 1. The first-order chi connectivity index (χ1) is 11.3. The maximum Gasteiger partial charge on any atom is 0.159 e. The summed E-state index contributed by atoms with van der Waals surface area (Å²) in [6, 6.07) is 5.94. The van der Waals surface area contributed by atoms with Crippen molar-refractivity contribution in [3.05, 3.63) is 60.3 Å². The summed E-state index contributed by atoms with van der Waals surface area (Å²) in [6.07, 6.45) is 10.0. The van der Waals surface area contributed by atoms with Crippen LogP contribution in [0.15, 0.2) is 49.2 Å². The Labute approximate surface area is 135 Å². The molecule has 23 heavy (non-hydrogen) atoms. The van der Waals surface area contributed by atoms with Gasteiger partial charge < -0.3 is 5.11 Å². The number of nitrogens with zero attached hydrogens (tertiary/aromatic N) is 5. The topological polar surface area (TPSA) is 66.5 Å². The highest BCUT2D eigenvalue weighted by molar-refractivity contribution is 5.45. The van der Waals surface area contributed by atoms with Crippen LogP contribution in [-0.4, -0.2) is 42.2 Å². The molecule has 0 aromatic carbocycles. The van der Waals surface area contributed by atoms with Crippen LogP contribution >= 0.6 is 0 Å². The normalized spacial score (nSPS) is 12.8. The van der Waals surface area contributed by atoms with E-state index in [2.05, 4.69) is 33.0 Å². The Bertz CT molecular complexity index is 739. The van der Waals surface area contributed by atoms with Crippen molar-refractivity contribution in [3.8, 4) is 0 Å². The van der Waals surface area contributed by atoms with E-state index in [0.717, 1.165) is 29.7 Å². The van der Waals surface area contributed by atoms with Crippen LogP contribution in [0.1, 0.15) is 24.5 Å². The second-order valence-electron chi connectivity index (χ2n) is 5.57. The minimum Gasteiger partial charge on any atom is -0.395 e. The zero-order chi connectivity index (χ0) is 16.1. The summed E-state index contributed by atoms with van der Waals surface area (Å²) in [5, 5.41) is 14.1. The van der Waals surface area contributed by atoms with Gasteiger partial charge in [-0.05, 0) is 24.1 Å². The molecule has 6 nitrogen and oxygen atoms in total. The number of aliphatic hydroxyl groups is 1. The van der Waals surface area contributed by atoms with Gasteiger partial charge in [-0.1, -0.05) is 13.0 Å². The Morgan fingerprint density at radius 2 is 2.13 bits per heavy atom. The van der Waals surface area contributed by atoms with Crippen molar-refractivity contribution in [2.45, 2.75) is 32.5 Å². The lowest BCUT2D eigenvalue weighted by atomic mass is 10.1. The predicted octanol–water partition coefficient (Wildman–Crippen LogP) is 1.90. The number of hydrogen-bond acceptors (Lipinski definition) is 5. The number of aliphatic hydroxyl groups excluding tert-OH is 1. The van der Waals surface area contributed by atoms with Crippen LogP contribution in [-0.2, 0) is 13.1 Å². The van der Waals surface area contributed by atoms with Gasteiger partial charge in [0.05, 0.1) is 12.8 Å². The van der Waals surface area contributed by atoms with Gasteiger partial charge in [-0.2, -0.15) is 5.10 Å². The molecule has 3 aromatic heterocycles. The molecule has 120 valence electrons. The summed E-state index contributed by atoms with van der Waals surface area (Å²) >= 11 is 0.